The van der Waals surface area contributed by atoms with Crippen LogP contribution in [0.3, 0.4) is 0 Å². The molecule has 5 heteroatoms. The van der Waals surface area contributed by atoms with Crippen LogP contribution in [-0.4, -0.2) is 36.6 Å². The Kier molecular flexibility index (Phi) is 3.57. The summed E-state index contributed by atoms with van der Waals surface area (Å²) < 4.78 is 0. The lowest BCUT2D eigenvalue weighted by atomic mass is 9.94. The Labute approximate surface area is 118 Å². The summed E-state index contributed by atoms with van der Waals surface area (Å²) >= 11 is 0. The van der Waals surface area contributed by atoms with E-state index in [1.807, 2.05) is 4.90 Å². The van der Waals surface area contributed by atoms with Crippen LogP contribution in [0, 0.1) is 17.2 Å². The largest absolute Gasteiger partial charge is 0.323 e. The Hall–Kier alpha value is -2.06. The molecule has 1 aromatic carbocycles. The zero-order valence-electron chi connectivity index (χ0n) is 11.3. The van der Waals surface area contributed by atoms with Crippen molar-refractivity contribution in [3.63, 3.8) is 0 Å². The summed E-state index contributed by atoms with van der Waals surface area (Å²) in [7, 11) is 0. The van der Waals surface area contributed by atoms with Crippen molar-refractivity contribution in [2.45, 2.75) is 18.9 Å². The third-order valence-electron chi connectivity index (χ3n) is 4.13. The van der Waals surface area contributed by atoms with E-state index >= 15 is 0 Å². The molecule has 0 aromatic heterocycles. The van der Waals surface area contributed by atoms with Crippen LogP contribution in [0.1, 0.15) is 18.4 Å². The number of fused-ring (bicyclic) bond motifs is 1. The van der Waals surface area contributed by atoms with Gasteiger partial charge in [-0.2, -0.15) is 5.26 Å². The fourth-order valence-electron chi connectivity index (χ4n) is 3.08. The highest BCUT2D eigenvalue weighted by Crippen LogP contribution is 2.25. The molecule has 2 saturated heterocycles. The average molecular weight is 270 g/mol. The van der Waals surface area contributed by atoms with Gasteiger partial charge in [-0.1, -0.05) is 6.07 Å². The van der Waals surface area contributed by atoms with Gasteiger partial charge in [-0.3, -0.25) is 0 Å². The van der Waals surface area contributed by atoms with E-state index in [1.165, 1.54) is 12.8 Å². The van der Waals surface area contributed by atoms with E-state index in [9.17, 15) is 4.79 Å². The van der Waals surface area contributed by atoms with E-state index in [4.69, 9.17) is 5.26 Å². The fraction of sp³-hybridized carbons (Fsp3) is 0.467. The summed E-state index contributed by atoms with van der Waals surface area (Å²) in [5.41, 5.74) is 1.23. The van der Waals surface area contributed by atoms with Crippen LogP contribution in [0.5, 0.6) is 0 Å². The molecule has 2 atom stereocenters. The lowest BCUT2D eigenvalue weighted by molar-refractivity contribution is 0.220. The van der Waals surface area contributed by atoms with Gasteiger partial charge >= 0.3 is 6.03 Å². The first-order chi connectivity index (χ1) is 9.76. The molecular weight excluding hydrogens is 252 g/mol. The number of likely N-dealkylation sites (tertiary alicyclic amines) is 1. The summed E-state index contributed by atoms with van der Waals surface area (Å²) in [5, 5.41) is 15.2. The molecule has 3 rings (SSSR count). The van der Waals surface area contributed by atoms with Gasteiger partial charge in [0.05, 0.1) is 11.6 Å². The first-order valence-electron chi connectivity index (χ1n) is 7.06. The van der Waals surface area contributed by atoms with Crippen LogP contribution in [0.15, 0.2) is 24.3 Å². The van der Waals surface area contributed by atoms with Gasteiger partial charge in [-0.15, -0.1) is 0 Å². The van der Waals surface area contributed by atoms with E-state index in [1.54, 1.807) is 24.3 Å². The first-order valence-corrected chi connectivity index (χ1v) is 7.06. The molecule has 0 saturated carbocycles. The quantitative estimate of drug-likeness (QED) is 0.817. The van der Waals surface area contributed by atoms with Gasteiger partial charge in [0.2, 0.25) is 0 Å². The number of nitrogens with zero attached hydrogens (tertiary/aromatic N) is 2. The summed E-state index contributed by atoms with van der Waals surface area (Å²) in [5.74, 6) is 0.583. The van der Waals surface area contributed by atoms with Crippen molar-refractivity contribution >= 4 is 11.7 Å². The van der Waals surface area contributed by atoms with Crippen LogP contribution in [0.4, 0.5) is 10.5 Å². The number of rotatable bonds is 1. The molecule has 0 spiro atoms. The molecule has 2 heterocycles. The smallest absolute Gasteiger partial charge is 0.321 e. The maximum Gasteiger partial charge on any atom is 0.321 e. The van der Waals surface area contributed by atoms with Crippen LogP contribution in [0.2, 0.25) is 0 Å². The lowest BCUT2D eigenvalue weighted by Crippen LogP contribution is -2.41. The molecule has 0 unspecified atom stereocenters. The molecule has 2 fully saturated rings. The monoisotopic (exact) mass is 270 g/mol. The molecule has 1 aromatic rings. The highest BCUT2D eigenvalue weighted by molar-refractivity contribution is 5.89. The molecular formula is C15H18N4O. The number of carbonyl (C=O) groups excluding carboxylic acids is 1. The Morgan fingerprint density at radius 2 is 2.35 bits per heavy atom. The molecule has 0 bridgehead atoms. The second-order valence-corrected chi connectivity index (χ2v) is 5.49. The van der Waals surface area contributed by atoms with Gasteiger partial charge in [-0.05, 0) is 43.5 Å². The maximum atomic E-state index is 12.3. The maximum absolute atomic E-state index is 12.3. The Balaban J connectivity index is 1.63. The van der Waals surface area contributed by atoms with Crippen LogP contribution in [-0.2, 0) is 0 Å². The van der Waals surface area contributed by atoms with Gasteiger partial charge in [0.1, 0.15) is 0 Å². The number of nitriles is 1. The third-order valence-corrected chi connectivity index (χ3v) is 4.13. The van der Waals surface area contributed by atoms with Crippen molar-refractivity contribution in [2.75, 3.05) is 25.0 Å². The third kappa shape index (κ3) is 2.61. The summed E-state index contributed by atoms with van der Waals surface area (Å²) in [4.78, 5) is 14.1. The number of piperidine rings is 1. The van der Waals surface area contributed by atoms with Crippen molar-refractivity contribution in [3.8, 4) is 6.07 Å². The topological polar surface area (TPSA) is 68.2 Å². The molecule has 2 amide bonds. The SMILES string of the molecule is N#Cc1cccc(NC(=O)N2C[C@@H]3CCCN[C@@H]3C2)c1. The predicted molar refractivity (Wildman–Crippen MR) is 76.3 cm³/mol. The number of carbonyl (C=O) groups is 1. The lowest BCUT2D eigenvalue weighted by Gasteiger charge is -2.24. The second-order valence-electron chi connectivity index (χ2n) is 5.49. The highest BCUT2D eigenvalue weighted by Gasteiger charge is 2.36. The normalized spacial score (nSPS) is 24.9. The number of urea groups is 1. The van der Waals surface area contributed by atoms with Gasteiger partial charge < -0.3 is 15.5 Å². The van der Waals surface area contributed by atoms with Crippen molar-refractivity contribution in [1.29, 1.82) is 5.26 Å². The number of anilines is 1. The fourth-order valence-corrected chi connectivity index (χ4v) is 3.08. The summed E-state index contributed by atoms with van der Waals surface area (Å²) in [6.45, 7) is 2.65. The highest BCUT2D eigenvalue weighted by atomic mass is 16.2. The van der Waals surface area contributed by atoms with Gasteiger partial charge in [-0.25, -0.2) is 4.79 Å². The van der Waals surface area contributed by atoms with Crippen molar-refractivity contribution in [3.05, 3.63) is 29.8 Å². The first kappa shape index (κ1) is 12.9. The molecule has 104 valence electrons. The Morgan fingerprint density at radius 3 is 3.15 bits per heavy atom. The van der Waals surface area contributed by atoms with Crippen molar-refractivity contribution in [2.24, 2.45) is 5.92 Å². The van der Waals surface area contributed by atoms with Crippen molar-refractivity contribution in [1.82, 2.24) is 10.2 Å². The van der Waals surface area contributed by atoms with Gasteiger partial charge in [0.15, 0.2) is 0 Å². The number of hydrogen-bond donors (Lipinski definition) is 2. The number of hydrogen-bond acceptors (Lipinski definition) is 3. The molecule has 2 aliphatic rings. The number of benzene rings is 1. The molecule has 0 aliphatic carbocycles. The molecule has 0 radical (unpaired) electrons. The van der Waals surface area contributed by atoms with E-state index in [0.717, 1.165) is 19.6 Å². The number of amides is 2. The van der Waals surface area contributed by atoms with E-state index < -0.39 is 0 Å². The Bertz CT molecular complexity index is 537. The second kappa shape index (κ2) is 5.51. The molecule has 2 N–H and O–H groups in total. The summed E-state index contributed by atoms with van der Waals surface area (Å²) in [6, 6.07) is 9.45. The van der Waals surface area contributed by atoms with E-state index in [2.05, 4.69) is 16.7 Å². The molecule has 2 aliphatic heterocycles. The predicted octanol–water partition coefficient (Wildman–Crippen LogP) is 1.77. The minimum Gasteiger partial charge on any atom is -0.323 e. The van der Waals surface area contributed by atoms with Gasteiger partial charge in [0.25, 0.3) is 0 Å². The van der Waals surface area contributed by atoms with E-state index in [0.29, 0.717) is 23.2 Å². The zero-order valence-corrected chi connectivity index (χ0v) is 11.3. The average Bonchev–Trinajstić information content (AvgIpc) is 2.91. The van der Waals surface area contributed by atoms with Crippen LogP contribution >= 0.6 is 0 Å². The van der Waals surface area contributed by atoms with Crippen LogP contribution in [0.25, 0.3) is 0 Å². The minimum absolute atomic E-state index is 0.0729. The number of nitrogens with one attached hydrogen (secondary N) is 2. The minimum atomic E-state index is -0.0729. The standard InChI is InChI=1S/C15H18N4O/c16-8-11-3-1-5-13(7-11)18-15(20)19-9-12-4-2-6-17-14(12)10-19/h1,3,5,7,12,14,17H,2,4,6,9-10H2,(H,18,20)/t12-,14+/m0/s1. The summed E-state index contributed by atoms with van der Waals surface area (Å²) in [6.07, 6.45) is 2.40. The zero-order chi connectivity index (χ0) is 13.9. The van der Waals surface area contributed by atoms with E-state index in [-0.39, 0.29) is 6.03 Å². The molecule has 20 heavy (non-hydrogen) atoms. The van der Waals surface area contributed by atoms with Crippen LogP contribution < -0.4 is 10.6 Å². The van der Waals surface area contributed by atoms with Gasteiger partial charge in [0, 0.05) is 24.8 Å². The van der Waals surface area contributed by atoms with Crippen molar-refractivity contribution < 1.29 is 4.79 Å². The Morgan fingerprint density at radius 1 is 1.45 bits per heavy atom. The molecule has 5 nitrogen and oxygen atoms in total.